The third kappa shape index (κ3) is 9.26. The number of ether oxygens (including phenoxy) is 2. The van der Waals surface area contributed by atoms with Crippen LogP contribution >= 0.6 is 23.5 Å². The van der Waals surface area contributed by atoms with Crippen molar-refractivity contribution < 1.29 is 9.47 Å². The Labute approximate surface area is 184 Å². The van der Waals surface area contributed by atoms with Crippen molar-refractivity contribution >= 4 is 23.5 Å². The van der Waals surface area contributed by atoms with Crippen LogP contribution in [0.1, 0.15) is 34.6 Å². The van der Waals surface area contributed by atoms with Gasteiger partial charge in [0.15, 0.2) is 6.29 Å². The molecule has 0 heterocycles. The summed E-state index contributed by atoms with van der Waals surface area (Å²) in [5, 5.41) is 0. The Hall–Kier alpha value is -1.46. The quantitative estimate of drug-likeness (QED) is 0.218. The molecule has 0 saturated heterocycles. The first kappa shape index (κ1) is 23.8. The fourth-order valence-corrected chi connectivity index (χ4v) is 4.80. The molecule has 0 amide bonds. The summed E-state index contributed by atoms with van der Waals surface area (Å²) in [6, 6.07) is 20.9. The zero-order chi connectivity index (χ0) is 21.1. The van der Waals surface area contributed by atoms with Crippen LogP contribution in [0.25, 0.3) is 0 Å². The number of thioether (sulfide) groups is 2. The summed E-state index contributed by atoms with van der Waals surface area (Å²) in [6.45, 7) is 11.9. The molecule has 2 nitrogen and oxygen atoms in total. The summed E-state index contributed by atoms with van der Waals surface area (Å²) in [5.41, 5.74) is 0.0584. The molecule has 0 aliphatic heterocycles. The van der Waals surface area contributed by atoms with Crippen LogP contribution in [0.4, 0.5) is 0 Å². The van der Waals surface area contributed by atoms with Gasteiger partial charge < -0.3 is 9.47 Å². The minimum absolute atomic E-state index is 0.0584. The Morgan fingerprint density at radius 3 is 1.76 bits per heavy atom. The number of hydrogen-bond acceptors (Lipinski definition) is 4. The lowest BCUT2D eigenvalue weighted by Crippen LogP contribution is -2.19. The average Bonchev–Trinajstić information content (AvgIpc) is 2.67. The molecule has 0 atom stereocenters. The van der Waals surface area contributed by atoms with Crippen LogP contribution in [-0.4, -0.2) is 19.5 Å². The summed E-state index contributed by atoms with van der Waals surface area (Å²) in [5.74, 6) is 0. The molecule has 0 spiro atoms. The molecule has 0 unspecified atom stereocenters. The molecule has 156 valence electrons. The van der Waals surface area contributed by atoms with Gasteiger partial charge in [-0.1, -0.05) is 86.8 Å². The molecule has 0 bridgehead atoms. The highest BCUT2D eigenvalue weighted by atomic mass is 32.2. The standard InChI is InChI=1S/C25H32O2S2/c1-6-26-24(27-7-2)23(29-21-16-12-9-13-17-21)18-22(19-25(3,4)5)28-20-14-10-8-11-15-20/h8-19,24H,6-7H2,1-5H3/b22-19-,23-18-. The third-order valence-electron chi connectivity index (χ3n) is 3.69. The lowest BCUT2D eigenvalue weighted by Gasteiger charge is -2.21. The van der Waals surface area contributed by atoms with Crippen molar-refractivity contribution in [3.8, 4) is 0 Å². The molecule has 4 heteroatoms. The zero-order valence-electron chi connectivity index (χ0n) is 18.1. The van der Waals surface area contributed by atoms with Crippen molar-refractivity contribution in [2.75, 3.05) is 13.2 Å². The van der Waals surface area contributed by atoms with Crippen molar-refractivity contribution in [3.63, 3.8) is 0 Å². The molecule has 29 heavy (non-hydrogen) atoms. The molecule has 0 aliphatic rings. The van der Waals surface area contributed by atoms with Crippen LogP contribution in [0.3, 0.4) is 0 Å². The maximum Gasteiger partial charge on any atom is 0.190 e. The SMILES string of the molecule is CCOC(OCC)/C(=C/C(=C/C(C)(C)C)Sc1ccccc1)Sc1ccccc1. The minimum atomic E-state index is -0.380. The fraction of sp³-hybridized carbons (Fsp3) is 0.360. The second kappa shape index (κ2) is 12.3. The van der Waals surface area contributed by atoms with E-state index in [2.05, 4.69) is 81.5 Å². The maximum atomic E-state index is 5.95. The number of hydrogen-bond donors (Lipinski definition) is 0. The molecule has 2 aromatic rings. The number of rotatable bonds is 10. The van der Waals surface area contributed by atoms with Gasteiger partial charge in [0.1, 0.15) is 0 Å². The predicted molar refractivity (Wildman–Crippen MR) is 127 cm³/mol. The molecule has 0 aliphatic carbocycles. The predicted octanol–water partition coefficient (Wildman–Crippen LogP) is 7.78. The molecule has 0 radical (unpaired) electrons. The van der Waals surface area contributed by atoms with Crippen LogP contribution in [0.5, 0.6) is 0 Å². The maximum absolute atomic E-state index is 5.95. The van der Waals surface area contributed by atoms with E-state index in [1.54, 1.807) is 23.5 Å². The molecule has 0 N–H and O–H groups in total. The van der Waals surface area contributed by atoms with Gasteiger partial charge in [-0.3, -0.25) is 0 Å². The normalized spacial score (nSPS) is 13.2. The van der Waals surface area contributed by atoms with E-state index >= 15 is 0 Å². The zero-order valence-corrected chi connectivity index (χ0v) is 19.7. The lowest BCUT2D eigenvalue weighted by atomic mass is 9.96. The van der Waals surface area contributed by atoms with E-state index in [4.69, 9.17) is 9.47 Å². The van der Waals surface area contributed by atoms with E-state index in [0.29, 0.717) is 13.2 Å². The van der Waals surface area contributed by atoms with Crippen LogP contribution in [0, 0.1) is 5.41 Å². The van der Waals surface area contributed by atoms with E-state index < -0.39 is 0 Å². The molecular formula is C25H32O2S2. The van der Waals surface area contributed by atoms with Gasteiger partial charge in [-0.2, -0.15) is 0 Å². The van der Waals surface area contributed by atoms with Crippen LogP contribution in [0.15, 0.2) is 92.4 Å². The molecule has 0 aromatic heterocycles. The first-order valence-electron chi connectivity index (χ1n) is 10.0. The lowest BCUT2D eigenvalue weighted by molar-refractivity contribution is -0.106. The summed E-state index contributed by atoms with van der Waals surface area (Å²) < 4.78 is 11.9. The second-order valence-corrected chi connectivity index (χ2v) is 9.83. The topological polar surface area (TPSA) is 18.5 Å². The second-order valence-electron chi connectivity index (χ2n) is 7.53. The highest BCUT2D eigenvalue weighted by Gasteiger charge is 2.18. The molecule has 0 saturated carbocycles. The summed E-state index contributed by atoms with van der Waals surface area (Å²) in [6.07, 6.45) is 4.15. The highest BCUT2D eigenvalue weighted by Crippen LogP contribution is 2.37. The molecular weight excluding hydrogens is 396 g/mol. The van der Waals surface area contributed by atoms with E-state index in [9.17, 15) is 0 Å². The largest absolute Gasteiger partial charge is 0.348 e. The Balaban J connectivity index is 2.44. The third-order valence-corrected chi connectivity index (χ3v) is 5.72. The first-order valence-corrected chi connectivity index (χ1v) is 11.7. The van der Waals surface area contributed by atoms with Gasteiger partial charge in [0.2, 0.25) is 0 Å². The van der Waals surface area contributed by atoms with Crippen LogP contribution in [-0.2, 0) is 9.47 Å². The van der Waals surface area contributed by atoms with Gasteiger partial charge in [-0.15, -0.1) is 0 Å². The minimum Gasteiger partial charge on any atom is -0.348 e. The van der Waals surface area contributed by atoms with Gasteiger partial charge >= 0.3 is 0 Å². The monoisotopic (exact) mass is 428 g/mol. The smallest absolute Gasteiger partial charge is 0.190 e. The summed E-state index contributed by atoms with van der Waals surface area (Å²) >= 11 is 3.47. The van der Waals surface area contributed by atoms with E-state index in [-0.39, 0.29) is 11.7 Å². The van der Waals surface area contributed by atoms with Crippen LogP contribution in [0.2, 0.25) is 0 Å². The number of allylic oxidation sites excluding steroid dienone is 2. The Morgan fingerprint density at radius 2 is 1.31 bits per heavy atom. The van der Waals surface area contributed by atoms with Crippen molar-refractivity contribution in [1.82, 2.24) is 0 Å². The average molecular weight is 429 g/mol. The van der Waals surface area contributed by atoms with Crippen molar-refractivity contribution in [3.05, 3.63) is 82.6 Å². The molecule has 2 rings (SSSR count). The van der Waals surface area contributed by atoms with Crippen LogP contribution < -0.4 is 0 Å². The number of benzene rings is 2. The highest BCUT2D eigenvalue weighted by molar-refractivity contribution is 8.04. The Kier molecular flexibility index (Phi) is 10.1. The van der Waals surface area contributed by atoms with Crippen molar-refractivity contribution in [2.45, 2.75) is 50.7 Å². The molecule has 0 fully saturated rings. The van der Waals surface area contributed by atoms with Crippen molar-refractivity contribution in [2.24, 2.45) is 5.41 Å². The van der Waals surface area contributed by atoms with Gasteiger partial charge in [0.25, 0.3) is 0 Å². The Bertz CT molecular complexity index is 771. The van der Waals surface area contributed by atoms with Gasteiger partial charge in [0, 0.05) is 32.8 Å². The summed E-state index contributed by atoms with van der Waals surface area (Å²) in [4.78, 5) is 4.63. The van der Waals surface area contributed by atoms with Gasteiger partial charge in [-0.25, -0.2) is 0 Å². The van der Waals surface area contributed by atoms with E-state index in [1.807, 2.05) is 26.0 Å². The van der Waals surface area contributed by atoms with E-state index in [1.165, 1.54) is 14.7 Å². The Morgan fingerprint density at radius 1 is 0.828 bits per heavy atom. The summed E-state index contributed by atoms with van der Waals surface area (Å²) in [7, 11) is 0. The van der Waals surface area contributed by atoms with E-state index in [0.717, 1.165) is 4.91 Å². The van der Waals surface area contributed by atoms with Crippen molar-refractivity contribution in [1.29, 1.82) is 0 Å². The first-order chi connectivity index (χ1) is 13.9. The fourth-order valence-electron chi connectivity index (χ4n) is 2.58. The van der Waals surface area contributed by atoms with Gasteiger partial charge in [-0.05, 0) is 49.6 Å². The van der Waals surface area contributed by atoms with Gasteiger partial charge in [0.05, 0.1) is 0 Å². The molecule has 2 aromatic carbocycles.